The number of carbonyl (C=O) groups is 1. The molecule has 0 radical (unpaired) electrons. The number of anilines is 1. The maximum Gasteiger partial charge on any atom is 0.226 e. The van der Waals surface area contributed by atoms with Crippen molar-refractivity contribution >= 4 is 27.5 Å². The largest absolute Gasteiger partial charge is 0.327 e. The molecule has 1 rings (SSSR count). The van der Waals surface area contributed by atoms with Crippen LogP contribution in [0.3, 0.4) is 0 Å². The highest BCUT2D eigenvalue weighted by Gasteiger charge is 2.13. The van der Waals surface area contributed by atoms with Gasteiger partial charge in [0.1, 0.15) is 11.6 Å². The molecule has 0 spiro atoms. The Hall–Kier alpha value is -1.01. The monoisotopic (exact) mass is 320 g/mol. The van der Waals surface area contributed by atoms with Gasteiger partial charge in [0, 0.05) is 18.5 Å². The van der Waals surface area contributed by atoms with E-state index in [2.05, 4.69) is 21.2 Å². The molecule has 1 aromatic rings. The van der Waals surface area contributed by atoms with Gasteiger partial charge in [-0.25, -0.2) is 8.78 Å². The molecule has 0 aliphatic rings. The zero-order valence-corrected chi connectivity index (χ0v) is 11.6. The van der Waals surface area contributed by atoms with Crippen molar-refractivity contribution < 1.29 is 13.6 Å². The first kappa shape index (κ1) is 15.0. The molecule has 0 aromatic heterocycles. The molecule has 0 aliphatic carbocycles. The molecule has 1 aromatic carbocycles. The number of benzene rings is 1. The Bertz CT molecular complexity index is 440. The van der Waals surface area contributed by atoms with E-state index < -0.39 is 17.5 Å². The predicted molar refractivity (Wildman–Crippen MR) is 70.2 cm³/mol. The Morgan fingerprint density at radius 1 is 1.44 bits per heavy atom. The number of nitrogens with two attached hydrogens (primary N) is 1. The van der Waals surface area contributed by atoms with Gasteiger partial charge in [0.25, 0.3) is 0 Å². The van der Waals surface area contributed by atoms with Gasteiger partial charge in [-0.3, -0.25) is 4.79 Å². The van der Waals surface area contributed by atoms with Crippen molar-refractivity contribution in [2.45, 2.75) is 32.2 Å². The third kappa shape index (κ3) is 4.34. The van der Waals surface area contributed by atoms with E-state index in [-0.39, 0.29) is 22.6 Å². The Kier molecular flexibility index (Phi) is 5.68. The van der Waals surface area contributed by atoms with Crippen LogP contribution in [0.2, 0.25) is 0 Å². The lowest BCUT2D eigenvalue weighted by Gasteiger charge is -2.11. The SMILES string of the molecule is CCCC(N)CC(=O)Nc1cc(F)c(Br)cc1F. The van der Waals surface area contributed by atoms with Crippen LogP contribution in [0.4, 0.5) is 14.5 Å². The smallest absolute Gasteiger partial charge is 0.226 e. The summed E-state index contributed by atoms with van der Waals surface area (Å²) in [6, 6.07) is 1.64. The molecule has 6 heteroatoms. The number of halogens is 3. The van der Waals surface area contributed by atoms with Crippen molar-refractivity contribution in [3.8, 4) is 0 Å². The third-order valence-electron chi connectivity index (χ3n) is 2.39. The molecule has 1 amide bonds. The van der Waals surface area contributed by atoms with Gasteiger partial charge in [0.2, 0.25) is 5.91 Å². The Labute approximate surface area is 113 Å². The molecule has 18 heavy (non-hydrogen) atoms. The molecule has 100 valence electrons. The van der Waals surface area contributed by atoms with Crippen LogP contribution in [-0.2, 0) is 4.79 Å². The normalized spacial score (nSPS) is 12.3. The van der Waals surface area contributed by atoms with E-state index in [0.29, 0.717) is 6.42 Å². The van der Waals surface area contributed by atoms with Crippen LogP contribution in [0, 0.1) is 11.6 Å². The molecule has 0 saturated carbocycles. The summed E-state index contributed by atoms with van der Waals surface area (Å²) in [6.45, 7) is 1.96. The minimum absolute atomic E-state index is 0.0145. The number of rotatable bonds is 5. The van der Waals surface area contributed by atoms with Crippen molar-refractivity contribution in [1.82, 2.24) is 0 Å². The van der Waals surface area contributed by atoms with E-state index in [1.54, 1.807) is 0 Å². The zero-order chi connectivity index (χ0) is 13.7. The molecule has 0 bridgehead atoms. The van der Waals surface area contributed by atoms with Crippen LogP contribution < -0.4 is 11.1 Å². The van der Waals surface area contributed by atoms with Gasteiger partial charge in [-0.05, 0) is 28.4 Å². The van der Waals surface area contributed by atoms with Crippen LogP contribution in [0.15, 0.2) is 16.6 Å². The van der Waals surface area contributed by atoms with E-state index in [0.717, 1.165) is 18.6 Å². The van der Waals surface area contributed by atoms with Crippen molar-refractivity contribution in [1.29, 1.82) is 0 Å². The summed E-state index contributed by atoms with van der Waals surface area (Å²) >= 11 is 2.86. The van der Waals surface area contributed by atoms with Crippen molar-refractivity contribution in [3.05, 3.63) is 28.2 Å². The number of carbonyl (C=O) groups excluding carboxylic acids is 1. The van der Waals surface area contributed by atoms with Gasteiger partial charge in [-0.1, -0.05) is 13.3 Å². The van der Waals surface area contributed by atoms with E-state index in [1.165, 1.54) is 0 Å². The minimum atomic E-state index is -0.694. The van der Waals surface area contributed by atoms with E-state index in [4.69, 9.17) is 5.73 Å². The Morgan fingerprint density at radius 2 is 2.11 bits per heavy atom. The molecule has 0 heterocycles. The second-order valence-electron chi connectivity index (χ2n) is 4.05. The van der Waals surface area contributed by atoms with E-state index >= 15 is 0 Å². The number of hydrogen-bond donors (Lipinski definition) is 2. The van der Waals surface area contributed by atoms with Crippen LogP contribution >= 0.6 is 15.9 Å². The number of amides is 1. The summed E-state index contributed by atoms with van der Waals surface area (Å²) in [6.07, 6.45) is 1.67. The molecule has 0 aliphatic heterocycles. The average Bonchev–Trinajstić information content (AvgIpc) is 2.26. The molecule has 0 saturated heterocycles. The highest BCUT2D eigenvalue weighted by atomic mass is 79.9. The van der Waals surface area contributed by atoms with Crippen LogP contribution in [0.1, 0.15) is 26.2 Å². The van der Waals surface area contributed by atoms with Gasteiger partial charge < -0.3 is 11.1 Å². The third-order valence-corrected chi connectivity index (χ3v) is 3.00. The summed E-state index contributed by atoms with van der Waals surface area (Å²) in [5.74, 6) is -1.75. The zero-order valence-electron chi connectivity index (χ0n) is 9.97. The summed E-state index contributed by atoms with van der Waals surface area (Å²) in [4.78, 5) is 11.6. The summed E-state index contributed by atoms with van der Waals surface area (Å²) in [5, 5.41) is 2.31. The predicted octanol–water partition coefficient (Wildman–Crippen LogP) is 3.18. The molecular weight excluding hydrogens is 306 g/mol. The Morgan fingerprint density at radius 3 is 2.72 bits per heavy atom. The molecule has 1 unspecified atom stereocenters. The van der Waals surface area contributed by atoms with Gasteiger partial charge >= 0.3 is 0 Å². The van der Waals surface area contributed by atoms with Crippen molar-refractivity contribution in [2.24, 2.45) is 5.73 Å². The van der Waals surface area contributed by atoms with E-state index in [1.807, 2.05) is 6.92 Å². The lowest BCUT2D eigenvalue weighted by Crippen LogP contribution is -2.27. The number of nitrogens with one attached hydrogen (secondary N) is 1. The van der Waals surface area contributed by atoms with Gasteiger partial charge in [-0.2, -0.15) is 0 Å². The standard InChI is InChI=1S/C12H15BrF2N2O/c1-2-3-7(16)4-12(18)17-11-6-9(14)8(13)5-10(11)15/h5-7H,2-4,16H2,1H3,(H,17,18). The first-order chi connectivity index (χ1) is 8.43. The summed E-state index contributed by atoms with van der Waals surface area (Å²) in [7, 11) is 0. The molecular formula is C12H15BrF2N2O. The van der Waals surface area contributed by atoms with Crippen molar-refractivity contribution in [2.75, 3.05) is 5.32 Å². The first-order valence-electron chi connectivity index (χ1n) is 5.64. The fourth-order valence-electron chi connectivity index (χ4n) is 1.53. The van der Waals surface area contributed by atoms with Crippen molar-refractivity contribution in [3.63, 3.8) is 0 Å². The van der Waals surface area contributed by atoms with Gasteiger partial charge in [0.15, 0.2) is 0 Å². The molecule has 0 fully saturated rings. The lowest BCUT2D eigenvalue weighted by atomic mass is 10.1. The van der Waals surface area contributed by atoms with Crippen LogP contribution in [0.5, 0.6) is 0 Å². The fourth-order valence-corrected chi connectivity index (χ4v) is 1.85. The highest BCUT2D eigenvalue weighted by molar-refractivity contribution is 9.10. The fraction of sp³-hybridized carbons (Fsp3) is 0.417. The second kappa shape index (κ2) is 6.80. The second-order valence-corrected chi connectivity index (χ2v) is 4.90. The van der Waals surface area contributed by atoms with Crippen LogP contribution in [-0.4, -0.2) is 11.9 Å². The highest BCUT2D eigenvalue weighted by Crippen LogP contribution is 2.23. The van der Waals surface area contributed by atoms with Gasteiger partial charge in [-0.15, -0.1) is 0 Å². The first-order valence-corrected chi connectivity index (χ1v) is 6.43. The Balaban J connectivity index is 2.67. The van der Waals surface area contributed by atoms with Crippen LogP contribution in [0.25, 0.3) is 0 Å². The maximum atomic E-state index is 13.4. The molecule has 3 nitrogen and oxygen atoms in total. The number of hydrogen-bond acceptors (Lipinski definition) is 2. The minimum Gasteiger partial charge on any atom is -0.327 e. The topological polar surface area (TPSA) is 55.1 Å². The quantitative estimate of drug-likeness (QED) is 0.819. The summed E-state index contributed by atoms with van der Waals surface area (Å²) < 4.78 is 26.7. The summed E-state index contributed by atoms with van der Waals surface area (Å²) in [5.41, 5.74) is 5.52. The lowest BCUT2D eigenvalue weighted by molar-refractivity contribution is -0.116. The average molecular weight is 321 g/mol. The van der Waals surface area contributed by atoms with E-state index in [9.17, 15) is 13.6 Å². The molecule has 1 atom stereocenters. The molecule has 3 N–H and O–H groups in total. The van der Waals surface area contributed by atoms with Gasteiger partial charge in [0.05, 0.1) is 10.2 Å². The maximum absolute atomic E-state index is 13.4.